The Morgan fingerprint density at radius 1 is 1.03 bits per heavy atom. The third-order valence-electron chi connectivity index (χ3n) is 6.83. The molecule has 0 amide bonds. The van der Waals surface area contributed by atoms with Crippen molar-refractivity contribution >= 4 is 10.9 Å². The van der Waals surface area contributed by atoms with Crippen LogP contribution in [0.5, 0.6) is 0 Å². The molecule has 0 spiro atoms. The van der Waals surface area contributed by atoms with Crippen molar-refractivity contribution in [3.63, 3.8) is 0 Å². The van der Waals surface area contributed by atoms with Gasteiger partial charge in [0.1, 0.15) is 6.04 Å². The molecule has 1 atom stereocenters. The van der Waals surface area contributed by atoms with Crippen molar-refractivity contribution in [3.8, 4) is 0 Å². The molecule has 30 heavy (non-hydrogen) atoms. The second kappa shape index (κ2) is 7.95. The van der Waals surface area contributed by atoms with Crippen LogP contribution in [0, 0.1) is 13.8 Å². The van der Waals surface area contributed by atoms with E-state index >= 15 is 0 Å². The summed E-state index contributed by atoms with van der Waals surface area (Å²) in [7, 11) is 0. The lowest BCUT2D eigenvalue weighted by atomic mass is 9.98. The number of nitrogens with one attached hydrogen (secondary N) is 1. The van der Waals surface area contributed by atoms with Crippen molar-refractivity contribution in [2.75, 3.05) is 13.1 Å². The molecule has 2 fully saturated rings. The number of benzene rings is 1. The highest BCUT2D eigenvalue weighted by molar-refractivity contribution is 5.83. The lowest BCUT2D eigenvalue weighted by Crippen LogP contribution is -2.38. The van der Waals surface area contributed by atoms with Crippen molar-refractivity contribution in [2.24, 2.45) is 0 Å². The molecule has 1 aliphatic carbocycles. The largest absolute Gasteiger partial charge is 0.322 e. The molecule has 1 unspecified atom stereocenters. The van der Waals surface area contributed by atoms with Crippen molar-refractivity contribution in [1.82, 2.24) is 30.1 Å². The zero-order valence-electron chi connectivity index (χ0n) is 17.9. The predicted octanol–water partition coefficient (Wildman–Crippen LogP) is 3.82. The number of aromatic nitrogens is 5. The summed E-state index contributed by atoms with van der Waals surface area (Å²) in [6, 6.07) is 6.42. The quantitative estimate of drug-likeness (QED) is 0.712. The highest BCUT2D eigenvalue weighted by atomic mass is 16.1. The number of tetrazole rings is 1. The van der Waals surface area contributed by atoms with Crippen molar-refractivity contribution in [1.29, 1.82) is 0 Å². The summed E-state index contributed by atoms with van der Waals surface area (Å²) < 4.78 is 2.01. The van der Waals surface area contributed by atoms with Crippen molar-refractivity contribution < 1.29 is 0 Å². The van der Waals surface area contributed by atoms with Crippen LogP contribution in [0.3, 0.4) is 0 Å². The number of H-pyrrole nitrogens is 1. The minimum Gasteiger partial charge on any atom is -0.322 e. The summed E-state index contributed by atoms with van der Waals surface area (Å²) in [6.45, 7) is 6.10. The summed E-state index contributed by atoms with van der Waals surface area (Å²) >= 11 is 0. The Labute approximate surface area is 176 Å². The Balaban J connectivity index is 1.67. The Morgan fingerprint density at radius 3 is 2.57 bits per heavy atom. The minimum absolute atomic E-state index is 0.0379. The monoisotopic (exact) mass is 406 g/mol. The van der Waals surface area contributed by atoms with Gasteiger partial charge >= 0.3 is 0 Å². The molecule has 2 aliphatic rings. The first kappa shape index (κ1) is 19.4. The number of aromatic amines is 1. The maximum absolute atomic E-state index is 13.3. The van der Waals surface area contributed by atoms with E-state index < -0.39 is 0 Å². The summed E-state index contributed by atoms with van der Waals surface area (Å²) in [5.74, 6) is 0.818. The van der Waals surface area contributed by atoms with E-state index in [-0.39, 0.29) is 11.6 Å². The van der Waals surface area contributed by atoms with E-state index in [1.165, 1.54) is 24.8 Å². The molecule has 7 nitrogen and oxygen atoms in total. The number of rotatable bonds is 4. The number of pyridine rings is 1. The molecule has 7 heteroatoms. The summed E-state index contributed by atoms with van der Waals surface area (Å²) in [6.07, 6.45) is 8.18. The molecule has 1 aromatic carbocycles. The average molecular weight is 407 g/mol. The van der Waals surface area contributed by atoms with Gasteiger partial charge in [-0.15, -0.1) is 5.10 Å². The zero-order chi connectivity index (χ0) is 20.7. The third kappa shape index (κ3) is 3.45. The maximum atomic E-state index is 13.3. The number of fused-ring (bicyclic) bond motifs is 1. The molecule has 158 valence electrons. The molecule has 3 aromatic rings. The van der Waals surface area contributed by atoms with Gasteiger partial charge in [-0.3, -0.25) is 9.69 Å². The molecule has 1 saturated heterocycles. The Hall–Kier alpha value is -2.54. The molecule has 1 saturated carbocycles. The molecular formula is C23H30N6O. The number of hydrogen-bond acceptors (Lipinski definition) is 5. The van der Waals surface area contributed by atoms with Crippen LogP contribution < -0.4 is 5.56 Å². The minimum atomic E-state index is -0.213. The highest BCUT2D eigenvalue weighted by Crippen LogP contribution is 2.35. The van der Waals surface area contributed by atoms with Gasteiger partial charge in [0.15, 0.2) is 5.82 Å². The molecule has 1 aliphatic heterocycles. The van der Waals surface area contributed by atoms with E-state index in [1.807, 2.05) is 10.7 Å². The summed E-state index contributed by atoms with van der Waals surface area (Å²) in [5.41, 5.74) is 3.94. The number of hydrogen-bond donors (Lipinski definition) is 1. The standard InChI is InChI=1S/C23H30N6O/c1-15-12-16(2)18-14-19(23(30)24-20(18)13-15)21(28-10-6-3-7-11-28)22-25-26-27-29(22)17-8-4-5-9-17/h12-14,17,21H,3-11H2,1-2H3,(H,24,30). The molecule has 3 heterocycles. The van der Waals surface area contributed by atoms with Gasteiger partial charge in [0.2, 0.25) is 0 Å². The number of likely N-dealkylation sites (tertiary alicyclic amines) is 1. The SMILES string of the molecule is Cc1cc(C)c2cc(C(c3nnnn3C3CCCC3)N3CCCCC3)c(=O)[nH]c2c1. The van der Waals surface area contributed by atoms with Gasteiger partial charge in [0, 0.05) is 16.5 Å². The van der Waals surface area contributed by atoms with Crippen LogP contribution in [0.25, 0.3) is 10.9 Å². The fourth-order valence-electron chi connectivity index (χ4n) is 5.36. The summed E-state index contributed by atoms with van der Waals surface area (Å²) in [4.78, 5) is 18.9. The molecule has 1 N–H and O–H groups in total. The Kier molecular flexibility index (Phi) is 5.15. The fraction of sp³-hybridized carbons (Fsp3) is 0.565. The molecule has 0 radical (unpaired) electrons. The first-order valence-electron chi connectivity index (χ1n) is 11.3. The fourth-order valence-corrected chi connectivity index (χ4v) is 5.36. The topological polar surface area (TPSA) is 79.7 Å². The second-order valence-corrected chi connectivity index (χ2v) is 9.02. The Morgan fingerprint density at radius 2 is 1.80 bits per heavy atom. The Bertz CT molecular complexity index is 1100. The smallest absolute Gasteiger partial charge is 0.253 e. The van der Waals surface area contributed by atoms with Crippen molar-refractivity contribution in [3.05, 3.63) is 51.1 Å². The predicted molar refractivity (Wildman–Crippen MR) is 117 cm³/mol. The van der Waals surface area contributed by atoms with E-state index in [9.17, 15) is 4.79 Å². The van der Waals surface area contributed by atoms with Crippen molar-refractivity contribution in [2.45, 2.75) is 70.9 Å². The second-order valence-electron chi connectivity index (χ2n) is 9.02. The lowest BCUT2D eigenvalue weighted by molar-refractivity contribution is 0.174. The number of piperidine rings is 1. The van der Waals surface area contributed by atoms with E-state index in [0.29, 0.717) is 6.04 Å². The van der Waals surface area contributed by atoms with Crippen LogP contribution in [0.2, 0.25) is 0 Å². The van der Waals surface area contributed by atoms with Crippen LogP contribution in [0.4, 0.5) is 0 Å². The van der Waals surface area contributed by atoms with Gasteiger partial charge < -0.3 is 4.98 Å². The van der Waals surface area contributed by atoms with Crippen LogP contribution in [0.1, 0.15) is 79.5 Å². The van der Waals surface area contributed by atoms with Crippen LogP contribution in [0.15, 0.2) is 23.0 Å². The molecule has 2 aromatic heterocycles. The van der Waals surface area contributed by atoms with Gasteiger partial charge in [-0.05, 0) is 86.3 Å². The van der Waals surface area contributed by atoms with Crippen LogP contribution in [-0.4, -0.2) is 43.2 Å². The average Bonchev–Trinajstić information content (AvgIpc) is 3.41. The number of aryl methyl sites for hydroxylation is 2. The molecule has 5 rings (SSSR count). The van der Waals surface area contributed by atoms with Gasteiger partial charge in [-0.2, -0.15) is 0 Å². The van der Waals surface area contributed by atoms with Gasteiger partial charge in [-0.1, -0.05) is 25.3 Å². The summed E-state index contributed by atoms with van der Waals surface area (Å²) in [5, 5.41) is 14.0. The highest BCUT2D eigenvalue weighted by Gasteiger charge is 2.33. The normalized spacial score (nSPS) is 19.5. The van der Waals surface area contributed by atoms with Crippen LogP contribution >= 0.6 is 0 Å². The van der Waals surface area contributed by atoms with Gasteiger partial charge in [0.25, 0.3) is 5.56 Å². The maximum Gasteiger partial charge on any atom is 0.253 e. The molecular weight excluding hydrogens is 376 g/mol. The molecule has 0 bridgehead atoms. The van der Waals surface area contributed by atoms with Crippen LogP contribution in [-0.2, 0) is 0 Å². The first-order chi connectivity index (χ1) is 14.6. The number of nitrogens with zero attached hydrogens (tertiary/aromatic N) is 5. The van der Waals surface area contributed by atoms with Gasteiger partial charge in [-0.25, -0.2) is 4.68 Å². The lowest BCUT2D eigenvalue weighted by Gasteiger charge is -2.34. The van der Waals surface area contributed by atoms with E-state index in [0.717, 1.165) is 66.6 Å². The first-order valence-corrected chi connectivity index (χ1v) is 11.3. The third-order valence-corrected chi connectivity index (χ3v) is 6.83. The van der Waals surface area contributed by atoms with E-state index in [2.05, 4.69) is 51.4 Å². The van der Waals surface area contributed by atoms with E-state index in [1.54, 1.807) is 0 Å². The van der Waals surface area contributed by atoms with Gasteiger partial charge in [0.05, 0.1) is 6.04 Å². The van der Waals surface area contributed by atoms with E-state index in [4.69, 9.17) is 0 Å². The zero-order valence-corrected chi connectivity index (χ0v) is 17.9.